The highest BCUT2D eigenvalue weighted by Crippen LogP contribution is 2.21. The Labute approximate surface area is 147 Å². The van der Waals surface area contributed by atoms with Gasteiger partial charge >= 0.3 is 0 Å². The molecule has 1 saturated heterocycles. The van der Waals surface area contributed by atoms with Crippen LogP contribution in [0.3, 0.4) is 0 Å². The van der Waals surface area contributed by atoms with E-state index >= 15 is 0 Å². The lowest BCUT2D eigenvalue weighted by Gasteiger charge is -2.30. The number of thiazole rings is 1. The molecule has 0 atom stereocenters. The second kappa shape index (κ2) is 8.58. The lowest BCUT2D eigenvalue weighted by atomic mass is 10.1. The highest BCUT2D eigenvalue weighted by molar-refractivity contribution is 7.09. The van der Waals surface area contributed by atoms with E-state index in [-0.39, 0.29) is 6.10 Å². The van der Waals surface area contributed by atoms with Gasteiger partial charge in [-0.05, 0) is 24.5 Å². The molecule has 1 aromatic heterocycles. The number of para-hydroxylation sites is 1. The van der Waals surface area contributed by atoms with Crippen LogP contribution in [-0.4, -0.2) is 41.3 Å². The molecule has 0 unspecified atom stereocenters. The predicted octanol–water partition coefficient (Wildman–Crippen LogP) is 2.86. The molecule has 5 nitrogen and oxygen atoms in total. The smallest absolute Gasteiger partial charge is 0.119 e. The van der Waals surface area contributed by atoms with Crippen LogP contribution in [0.2, 0.25) is 0 Å². The van der Waals surface area contributed by atoms with E-state index in [9.17, 15) is 5.11 Å². The zero-order valence-electron chi connectivity index (χ0n) is 14.1. The number of hydrogen-bond donors (Lipinski definition) is 2. The zero-order chi connectivity index (χ0) is 16.8. The average Bonchev–Trinajstić information content (AvgIpc) is 3.04. The van der Waals surface area contributed by atoms with Gasteiger partial charge in [0, 0.05) is 37.8 Å². The number of methoxy groups -OCH3 is 1. The molecule has 1 aromatic carbocycles. The first kappa shape index (κ1) is 17.4. The molecule has 1 fully saturated rings. The topological polar surface area (TPSA) is 57.6 Å². The third-order valence-corrected chi connectivity index (χ3v) is 5.17. The summed E-state index contributed by atoms with van der Waals surface area (Å²) < 4.78 is 5.12. The number of piperidine rings is 1. The normalized spacial score (nSPS) is 16.4. The minimum Gasteiger partial charge on any atom is -0.393 e. The predicted molar refractivity (Wildman–Crippen MR) is 97.1 cm³/mol. The summed E-state index contributed by atoms with van der Waals surface area (Å²) in [5, 5.41) is 16.2. The second-order valence-electron chi connectivity index (χ2n) is 6.18. The van der Waals surface area contributed by atoms with Crippen LogP contribution in [0.4, 0.5) is 5.69 Å². The molecule has 0 amide bonds. The monoisotopic (exact) mass is 347 g/mol. The number of nitrogens with zero attached hydrogens (tertiary/aromatic N) is 2. The second-order valence-corrected chi connectivity index (χ2v) is 7.13. The standard InChI is InChI=1S/C18H25N3O2S/c1-23-12-18-20-15(13-24-18)10-19-17-5-3-2-4-14(17)11-21-8-6-16(22)7-9-21/h2-5,13,16,19,22H,6-12H2,1H3. The Kier molecular flexibility index (Phi) is 6.20. The number of aliphatic hydroxyl groups excluding tert-OH is 1. The molecule has 0 bridgehead atoms. The molecule has 0 spiro atoms. The van der Waals surface area contributed by atoms with E-state index in [0.29, 0.717) is 6.61 Å². The summed E-state index contributed by atoms with van der Waals surface area (Å²) in [5.74, 6) is 0. The van der Waals surface area contributed by atoms with Crippen molar-refractivity contribution in [3.8, 4) is 0 Å². The summed E-state index contributed by atoms with van der Waals surface area (Å²) in [6, 6.07) is 8.43. The fourth-order valence-corrected chi connectivity index (χ4v) is 3.72. The van der Waals surface area contributed by atoms with E-state index in [1.807, 2.05) is 0 Å². The van der Waals surface area contributed by atoms with Crippen LogP contribution in [0.25, 0.3) is 0 Å². The molecular weight excluding hydrogens is 322 g/mol. The first-order chi connectivity index (χ1) is 11.7. The summed E-state index contributed by atoms with van der Waals surface area (Å²) in [4.78, 5) is 6.97. The number of aliphatic hydroxyl groups is 1. The number of ether oxygens (including phenoxy) is 1. The number of nitrogens with one attached hydrogen (secondary N) is 1. The van der Waals surface area contributed by atoms with Crippen molar-refractivity contribution in [3.05, 3.63) is 45.9 Å². The van der Waals surface area contributed by atoms with Gasteiger partial charge in [-0.25, -0.2) is 4.98 Å². The van der Waals surface area contributed by atoms with E-state index in [1.54, 1.807) is 18.4 Å². The summed E-state index contributed by atoms with van der Waals surface area (Å²) in [5.41, 5.74) is 3.49. The third kappa shape index (κ3) is 4.77. The molecule has 2 N–H and O–H groups in total. The lowest BCUT2D eigenvalue weighted by molar-refractivity contribution is 0.0793. The van der Waals surface area contributed by atoms with E-state index < -0.39 is 0 Å². The number of benzene rings is 1. The zero-order valence-corrected chi connectivity index (χ0v) is 14.9. The van der Waals surface area contributed by atoms with Gasteiger partial charge < -0.3 is 15.2 Å². The minimum absolute atomic E-state index is 0.124. The quantitative estimate of drug-likeness (QED) is 0.807. The molecule has 1 aliphatic rings. The van der Waals surface area contributed by atoms with Crippen LogP contribution < -0.4 is 5.32 Å². The number of likely N-dealkylation sites (tertiary alicyclic amines) is 1. The fourth-order valence-electron chi connectivity index (χ4n) is 2.95. The number of rotatable bonds is 7. The van der Waals surface area contributed by atoms with E-state index in [2.05, 4.69) is 44.8 Å². The number of aromatic nitrogens is 1. The van der Waals surface area contributed by atoms with Gasteiger partial charge in [-0.2, -0.15) is 0 Å². The van der Waals surface area contributed by atoms with Crippen molar-refractivity contribution < 1.29 is 9.84 Å². The Bertz CT molecular complexity index is 639. The van der Waals surface area contributed by atoms with Crippen molar-refractivity contribution in [1.82, 2.24) is 9.88 Å². The van der Waals surface area contributed by atoms with Crippen LogP contribution in [0.15, 0.2) is 29.6 Å². The van der Waals surface area contributed by atoms with Gasteiger partial charge in [0.25, 0.3) is 0 Å². The Balaban J connectivity index is 1.59. The third-order valence-electron chi connectivity index (χ3n) is 4.30. The first-order valence-corrected chi connectivity index (χ1v) is 9.27. The lowest BCUT2D eigenvalue weighted by Crippen LogP contribution is -2.35. The highest BCUT2D eigenvalue weighted by Gasteiger charge is 2.17. The molecule has 24 heavy (non-hydrogen) atoms. The van der Waals surface area contributed by atoms with Crippen LogP contribution in [-0.2, 0) is 24.4 Å². The summed E-state index contributed by atoms with van der Waals surface area (Å²) in [6.45, 7) is 4.13. The van der Waals surface area contributed by atoms with Gasteiger partial charge in [0.05, 0.1) is 24.9 Å². The molecule has 3 rings (SSSR count). The van der Waals surface area contributed by atoms with Gasteiger partial charge in [0.2, 0.25) is 0 Å². The van der Waals surface area contributed by atoms with Crippen molar-refractivity contribution in [3.63, 3.8) is 0 Å². The van der Waals surface area contributed by atoms with E-state index in [0.717, 1.165) is 55.4 Å². The molecule has 130 valence electrons. The molecule has 0 aliphatic carbocycles. The Morgan fingerprint density at radius 1 is 1.33 bits per heavy atom. The number of hydrogen-bond acceptors (Lipinski definition) is 6. The maximum Gasteiger partial charge on any atom is 0.119 e. The fraction of sp³-hybridized carbons (Fsp3) is 0.500. The largest absolute Gasteiger partial charge is 0.393 e. The van der Waals surface area contributed by atoms with Crippen LogP contribution in [0, 0.1) is 0 Å². The van der Waals surface area contributed by atoms with Gasteiger partial charge in [-0.3, -0.25) is 4.90 Å². The SMILES string of the molecule is COCc1nc(CNc2ccccc2CN2CCC(O)CC2)cs1. The molecule has 6 heteroatoms. The maximum absolute atomic E-state index is 9.64. The summed E-state index contributed by atoms with van der Waals surface area (Å²) in [6.07, 6.45) is 1.62. The molecule has 0 radical (unpaired) electrons. The van der Waals surface area contributed by atoms with Crippen LogP contribution in [0.5, 0.6) is 0 Å². The van der Waals surface area contributed by atoms with Crippen molar-refractivity contribution in [2.24, 2.45) is 0 Å². The maximum atomic E-state index is 9.64. The number of anilines is 1. The Hall–Kier alpha value is -1.47. The van der Waals surface area contributed by atoms with E-state index in [1.165, 1.54) is 5.56 Å². The van der Waals surface area contributed by atoms with Gasteiger partial charge in [0.15, 0.2) is 0 Å². The minimum atomic E-state index is -0.124. The van der Waals surface area contributed by atoms with E-state index in [4.69, 9.17) is 4.74 Å². The Morgan fingerprint density at radius 3 is 2.92 bits per heavy atom. The van der Waals surface area contributed by atoms with Gasteiger partial charge in [0.1, 0.15) is 5.01 Å². The van der Waals surface area contributed by atoms with Crippen molar-refractivity contribution >= 4 is 17.0 Å². The van der Waals surface area contributed by atoms with Crippen LogP contribution in [0.1, 0.15) is 29.1 Å². The summed E-state index contributed by atoms with van der Waals surface area (Å²) in [7, 11) is 1.69. The summed E-state index contributed by atoms with van der Waals surface area (Å²) >= 11 is 1.63. The average molecular weight is 347 g/mol. The van der Waals surface area contributed by atoms with Crippen molar-refractivity contribution in [2.75, 3.05) is 25.5 Å². The molecule has 2 heterocycles. The first-order valence-electron chi connectivity index (χ1n) is 8.39. The van der Waals surface area contributed by atoms with Gasteiger partial charge in [-0.15, -0.1) is 11.3 Å². The molecular formula is C18H25N3O2S. The molecule has 0 saturated carbocycles. The van der Waals surface area contributed by atoms with Crippen LogP contribution >= 0.6 is 11.3 Å². The van der Waals surface area contributed by atoms with Crippen molar-refractivity contribution in [1.29, 1.82) is 0 Å². The molecule has 2 aromatic rings. The van der Waals surface area contributed by atoms with Crippen molar-refractivity contribution in [2.45, 2.75) is 38.6 Å². The van der Waals surface area contributed by atoms with Gasteiger partial charge in [-0.1, -0.05) is 18.2 Å². The highest BCUT2D eigenvalue weighted by atomic mass is 32.1. The Morgan fingerprint density at radius 2 is 2.12 bits per heavy atom. The molecule has 1 aliphatic heterocycles.